The largest absolute Gasteiger partial charge is 0.354 e. The molecule has 1 aliphatic rings. The van der Waals surface area contributed by atoms with E-state index in [1.807, 2.05) is 12.5 Å². The minimum absolute atomic E-state index is 0.295. The van der Waals surface area contributed by atoms with Crippen molar-refractivity contribution in [3.8, 4) is 10.6 Å². The minimum Gasteiger partial charge on any atom is -0.354 e. The lowest BCUT2D eigenvalue weighted by molar-refractivity contribution is 0.270. The van der Waals surface area contributed by atoms with E-state index >= 15 is 0 Å². The van der Waals surface area contributed by atoms with E-state index in [1.54, 1.807) is 17.5 Å². The maximum Gasteiger partial charge on any atom is 0.139 e. The molecule has 0 radical (unpaired) electrons. The van der Waals surface area contributed by atoms with Crippen molar-refractivity contribution in [1.82, 2.24) is 20.2 Å². The Bertz CT molecular complexity index is 740. The smallest absolute Gasteiger partial charge is 0.139 e. The first-order chi connectivity index (χ1) is 10.8. The molecule has 3 aromatic rings. The molecule has 0 bridgehead atoms. The topological polar surface area (TPSA) is 66.9 Å². The maximum atomic E-state index is 5.60. The summed E-state index contributed by atoms with van der Waals surface area (Å²) in [5.41, 5.74) is 1.94. The average molecular weight is 333 g/mol. The van der Waals surface area contributed by atoms with E-state index in [9.17, 15) is 0 Å². The molecule has 1 fully saturated rings. The number of nitrogens with zero attached hydrogens (tertiary/aromatic N) is 4. The lowest BCUT2D eigenvalue weighted by Crippen LogP contribution is -2.22. The van der Waals surface area contributed by atoms with Gasteiger partial charge in [-0.3, -0.25) is 5.10 Å². The Morgan fingerprint density at radius 3 is 3.14 bits per heavy atom. The van der Waals surface area contributed by atoms with Crippen LogP contribution in [0.1, 0.15) is 6.42 Å². The van der Waals surface area contributed by atoms with Crippen LogP contribution in [0.25, 0.3) is 20.9 Å². The Morgan fingerprint density at radius 2 is 2.36 bits per heavy atom. The van der Waals surface area contributed by atoms with Gasteiger partial charge in [-0.15, -0.1) is 0 Å². The van der Waals surface area contributed by atoms with Crippen molar-refractivity contribution in [1.29, 1.82) is 0 Å². The highest BCUT2D eigenvalue weighted by Crippen LogP contribution is 2.29. The molecule has 0 aromatic carbocycles. The highest BCUT2D eigenvalue weighted by molar-refractivity contribution is 7.93. The molecule has 114 valence electrons. The molecule has 6 nitrogen and oxygen atoms in total. The molecular weight excluding hydrogens is 318 g/mol. The van der Waals surface area contributed by atoms with Crippen LogP contribution in [0.2, 0.25) is 0 Å². The summed E-state index contributed by atoms with van der Waals surface area (Å²) in [7, 11) is 0. The second kappa shape index (κ2) is 5.86. The summed E-state index contributed by atoms with van der Waals surface area (Å²) in [4.78, 5) is 12.4. The summed E-state index contributed by atoms with van der Waals surface area (Å²) in [5.74, 6) is 1.000. The quantitative estimate of drug-likeness (QED) is 0.741. The van der Waals surface area contributed by atoms with Gasteiger partial charge in [0.2, 0.25) is 0 Å². The summed E-state index contributed by atoms with van der Waals surface area (Å²) < 4.78 is 5.60. The van der Waals surface area contributed by atoms with Gasteiger partial charge in [-0.25, -0.2) is 9.97 Å². The maximum absolute atomic E-state index is 5.60. The van der Waals surface area contributed by atoms with Crippen molar-refractivity contribution in [2.45, 2.75) is 12.5 Å². The van der Waals surface area contributed by atoms with Gasteiger partial charge in [0.1, 0.15) is 21.2 Å². The molecule has 1 saturated heterocycles. The highest BCUT2D eigenvalue weighted by Gasteiger charge is 2.24. The van der Waals surface area contributed by atoms with Crippen LogP contribution in [0, 0.1) is 0 Å². The summed E-state index contributed by atoms with van der Waals surface area (Å²) in [5, 5.41) is 7.88. The van der Waals surface area contributed by atoms with Gasteiger partial charge in [0.25, 0.3) is 0 Å². The molecule has 4 heterocycles. The SMILES string of the molecule is CSO[C@H]1CCN(c2ccc(-c3nc4cn[nH]c4s3)cn2)C1. The second-order valence-corrected chi connectivity index (χ2v) is 6.65. The fraction of sp³-hybridized carbons (Fsp3) is 0.357. The minimum atomic E-state index is 0.295. The van der Waals surface area contributed by atoms with Crippen LogP contribution in [0.15, 0.2) is 24.5 Å². The summed E-state index contributed by atoms with van der Waals surface area (Å²) >= 11 is 3.03. The van der Waals surface area contributed by atoms with E-state index in [4.69, 9.17) is 4.18 Å². The van der Waals surface area contributed by atoms with E-state index in [0.29, 0.717) is 6.10 Å². The molecule has 1 aliphatic heterocycles. The molecule has 0 aliphatic carbocycles. The number of hydrogen-bond donors (Lipinski definition) is 1. The predicted octanol–water partition coefficient (Wildman–Crippen LogP) is 2.95. The van der Waals surface area contributed by atoms with E-state index in [0.717, 1.165) is 46.2 Å². The van der Waals surface area contributed by atoms with Crippen molar-refractivity contribution < 1.29 is 4.18 Å². The Labute approximate surface area is 136 Å². The number of anilines is 1. The molecule has 4 rings (SSSR count). The van der Waals surface area contributed by atoms with Crippen molar-refractivity contribution in [3.05, 3.63) is 24.5 Å². The number of thiazole rings is 1. The number of H-pyrrole nitrogens is 1. The molecule has 0 spiro atoms. The summed E-state index contributed by atoms with van der Waals surface area (Å²) in [6, 6.07) is 4.14. The van der Waals surface area contributed by atoms with Crippen molar-refractivity contribution in [2.75, 3.05) is 24.2 Å². The number of nitrogens with one attached hydrogen (secondary N) is 1. The third kappa shape index (κ3) is 2.57. The first-order valence-corrected chi connectivity index (χ1v) is 9.01. The third-order valence-electron chi connectivity index (χ3n) is 3.70. The Hall–Kier alpha value is -1.64. The van der Waals surface area contributed by atoms with Gasteiger partial charge in [-0.1, -0.05) is 11.3 Å². The molecule has 1 N–H and O–H groups in total. The number of pyridine rings is 1. The fourth-order valence-corrected chi connectivity index (χ4v) is 3.93. The number of hydrogen-bond acceptors (Lipinski definition) is 7. The lowest BCUT2D eigenvalue weighted by atomic mass is 10.3. The van der Waals surface area contributed by atoms with Crippen molar-refractivity contribution in [2.24, 2.45) is 0 Å². The van der Waals surface area contributed by atoms with Gasteiger partial charge < -0.3 is 9.08 Å². The van der Waals surface area contributed by atoms with Crippen LogP contribution in [0.3, 0.4) is 0 Å². The van der Waals surface area contributed by atoms with Gasteiger partial charge in [0.05, 0.1) is 12.3 Å². The molecule has 1 atom stereocenters. The van der Waals surface area contributed by atoms with E-state index in [1.165, 1.54) is 12.0 Å². The van der Waals surface area contributed by atoms with Crippen LogP contribution in [0.5, 0.6) is 0 Å². The Morgan fingerprint density at radius 1 is 1.41 bits per heavy atom. The second-order valence-electron chi connectivity index (χ2n) is 5.13. The van der Waals surface area contributed by atoms with Crippen LogP contribution in [-0.2, 0) is 4.18 Å². The summed E-state index contributed by atoms with van der Waals surface area (Å²) in [6.07, 6.45) is 6.94. The average Bonchev–Trinajstić information content (AvgIpc) is 3.23. The molecule has 3 aromatic heterocycles. The first-order valence-electron chi connectivity index (χ1n) is 7.04. The van der Waals surface area contributed by atoms with Gasteiger partial charge in [0.15, 0.2) is 0 Å². The number of fused-ring (bicyclic) bond motifs is 1. The van der Waals surface area contributed by atoms with E-state index in [2.05, 4.69) is 37.2 Å². The zero-order valence-corrected chi connectivity index (χ0v) is 13.7. The first kappa shape index (κ1) is 14.0. The molecule has 0 unspecified atom stereocenters. The van der Waals surface area contributed by atoms with E-state index < -0.39 is 0 Å². The molecule has 0 saturated carbocycles. The van der Waals surface area contributed by atoms with Gasteiger partial charge in [0, 0.05) is 31.1 Å². The number of aromatic amines is 1. The van der Waals surface area contributed by atoms with Crippen LogP contribution < -0.4 is 4.90 Å². The monoisotopic (exact) mass is 333 g/mol. The van der Waals surface area contributed by atoms with Crippen molar-refractivity contribution >= 4 is 39.5 Å². The Balaban J connectivity index is 1.52. The summed E-state index contributed by atoms with van der Waals surface area (Å²) in [6.45, 7) is 1.89. The van der Waals surface area contributed by atoms with Crippen LogP contribution in [0.4, 0.5) is 5.82 Å². The zero-order chi connectivity index (χ0) is 14.9. The fourth-order valence-electron chi connectivity index (χ4n) is 2.63. The predicted molar refractivity (Wildman–Crippen MR) is 90.2 cm³/mol. The zero-order valence-electron chi connectivity index (χ0n) is 12.0. The Kier molecular flexibility index (Phi) is 3.73. The van der Waals surface area contributed by atoms with Gasteiger partial charge in [-0.2, -0.15) is 5.10 Å². The van der Waals surface area contributed by atoms with Crippen LogP contribution in [-0.4, -0.2) is 45.6 Å². The molecule has 8 heteroatoms. The van der Waals surface area contributed by atoms with Gasteiger partial charge in [-0.05, 0) is 30.6 Å². The number of rotatable bonds is 4. The normalized spacial score (nSPS) is 18.4. The highest BCUT2D eigenvalue weighted by atomic mass is 32.2. The number of aromatic nitrogens is 4. The van der Waals surface area contributed by atoms with Crippen LogP contribution >= 0.6 is 23.4 Å². The molecular formula is C14H15N5OS2. The van der Waals surface area contributed by atoms with E-state index in [-0.39, 0.29) is 0 Å². The molecule has 0 amide bonds. The van der Waals surface area contributed by atoms with Crippen molar-refractivity contribution in [3.63, 3.8) is 0 Å². The standard InChI is InChI=1S/C14H15N5OS2/c1-21-20-10-4-5-19(8-10)12-3-2-9(6-15-12)13-17-11-7-16-18-14(11)22-13/h2-3,6-7,10H,4-5,8H2,1H3,(H,16,18)/t10-/m0/s1. The van der Waals surface area contributed by atoms with Gasteiger partial charge >= 0.3 is 0 Å². The molecule has 22 heavy (non-hydrogen) atoms. The lowest BCUT2D eigenvalue weighted by Gasteiger charge is -2.17. The third-order valence-corrected chi connectivity index (χ3v) is 5.19.